The van der Waals surface area contributed by atoms with Crippen LogP contribution in [0.3, 0.4) is 0 Å². The first-order valence-electron chi connectivity index (χ1n) is 8.52. The molecule has 0 aliphatic heterocycles. The average molecular weight is 370 g/mol. The van der Waals surface area contributed by atoms with E-state index in [1.165, 1.54) is 30.7 Å². The molecule has 1 aromatic carbocycles. The van der Waals surface area contributed by atoms with E-state index in [1.807, 2.05) is 0 Å². The molecule has 0 spiro atoms. The molecule has 3 N–H and O–H groups in total. The van der Waals surface area contributed by atoms with Crippen molar-refractivity contribution in [3.8, 4) is 0 Å². The van der Waals surface area contributed by atoms with Crippen LogP contribution in [0, 0.1) is 10.1 Å². The van der Waals surface area contributed by atoms with E-state index in [2.05, 4.69) is 14.6 Å². The molecular weight excluding hydrogens is 343 g/mol. The van der Waals surface area contributed by atoms with Crippen LogP contribution in [0.15, 0.2) is 24.3 Å². The number of nitro groups is 1. The van der Waals surface area contributed by atoms with Crippen LogP contribution in [-0.4, -0.2) is 39.9 Å². The lowest BCUT2D eigenvalue weighted by Crippen LogP contribution is -2.41. The van der Waals surface area contributed by atoms with Gasteiger partial charge in [0.15, 0.2) is 0 Å². The molecule has 0 aliphatic carbocycles. The van der Waals surface area contributed by atoms with Crippen LogP contribution in [0.1, 0.15) is 50.2 Å². The van der Waals surface area contributed by atoms with Gasteiger partial charge in [0.2, 0.25) is 5.91 Å². The smallest absolute Gasteiger partial charge is 0.269 e. The number of amides is 1. The number of nitro benzene ring substituents is 1. The first kappa shape index (κ1) is 21.5. The number of aliphatic hydroxyl groups excluding tert-OH is 2. The maximum Gasteiger partial charge on any atom is 0.269 e. The zero-order chi connectivity index (χ0) is 18.7. The number of nitrogens with one attached hydrogen (secondary N) is 1. The zero-order valence-electron chi connectivity index (χ0n) is 14.3. The van der Waals surface area contributed by atoms with Crippen LogP contribution in [0.5, 0.6) is 0 Å². The van der Waals surface area contributed by atoms with Crippen molar-refractivity contribution in [2.24, 2.45) is 0 Å². The maximum absolute atomic E-state index is 12.0. The second-order valence-corrected chi connectivity index (χ2v) is 6.53. The second-order valence-electron chi connectivity index (χ2n) is 5.96. The first-order valence-corrected chi connectivity index (χ1v) is 9.34. The number of hydrogen-bond donors (Lipinski definition) is 3. The minimum Gasteiger partial charge on any atom is -0.394 e. The van der Waals surface area contributed by atoms with Gasteiger partial charge in [0.05, 0.1) is 17.6 Å². The quantitative estimate of drug-likeness (QED) is 0.226. The van der Waals surface area contributed by atoms with Crippen LogP contribution >= 0.6 is 9.24 Å². The molecule has 0 radical (unpaired) electrons. The van der Waals surface area contributed by atoms with Crippen molar-refractivity contribution in [1.82, 2.24) is 5.32 Å². The Labute approximate surface area is 150 Å². The molecule has 0 saturated carbocycles. The lowest BCUT2D eigenvalue weighted by molar-refractivity contribution is -0.384. The molecule has 0 fully saturated rings. The van der Waals surface area contributed by atoms with Gasteiger partial charge in [-0.15, -0.1) is 9.24 Å². The summed E-state index contributed by atoms with van der Waals surface area (Å²) in [6, 6.07) is 4.56. The molecule has 3 atom stereocenters. The van der Waals surface area contributed by atoms with E-state index in [0.29, 0.717) is 12.0 Å². The molecule has 0 aromatic heterocycles. The molecular formula is C17H27N2O5P. The SMILES string of the molecule is O=C(CCCCCCCP)NC(CO)C(O)c1ccc([N+](=O)[O-])cc1. The van der Waals surface area contributed by atoms with Crippen molar-refractivity contribution < 1.29 is 19.9 Å². The highest BCUT2D eigenvalue weighted by atomic mass is 31.0. The Hall–Kier alpha value is -1.56. The first-order chi connectivity index (χ1) is 12.0. The monoisotopic (exact) mass is 370 g/mol. The van der Waals surface area contributed by atoms with Crippen molar-refractivity contribution in [1.29, 1.82) is 0 Å². The Morgan fingerprint density at radius 1 is 1.16 bits per heavy atom. The van der Waals surface area contributed by atoms with Gasteiger partial charge < -0.3 is 15.5 Å². The predicted octanol–water partition coefficient (Wildman–Crippen LogP) is 2.32. The number of carbonyl (C=O) groups is 1. The molecule has 1 amide bonds. The highest BCUT2D eigenvalue weighted by molar-refractivity contribution is 7.16. The fraction of sp³-hybridized carbons (Fsp3) is 0.588. The van der Waals surface area contributed by atoms with E-state index < -0.39 is 23.7 Å². The summed E-state index contributed by atoms with van der Waals surface area (Å²) in [5.41, 5.74) is 0.324. The average Bonchev–Trinajstić information content (AvgIpc) is 2.62. The number of non-ortho nitro benzene ring substituents is 1. The fourth-order valence-corrected chi connectivity index (χ4v) is 2.78. The predicted molar refractivity (Wildman–Crippen MR) is 99.4 cm³/mol. The van der Waals surface area contributed by atoms with Gasteiger partial charge in [0.25, 0.3) is 5.69 Å². The summed E-state index contributed by atoms with van der Waals surface area (Å²) in [6.45, 7) is -0.419. The summed E-state index contributed by atoms with van der Waals surface area (Å²) in [6.07, 6.45) is 5.49. The largest absolute Gasteiger partial charge is 0.394 e. The Bertz CT molecular complexity index is 538. The third kappa shape index (κ3) is 7.90. The lowest BCUT2D eigenvalue weighted by Gasteiger charge is -2.22. The molecule has 25 heavy (non-hydrogen) atoms. The van der Waals surface area contributed by atoms with E-state index in [4.69, 9.17) is 0 Å². The van der Waals surface area contributed by atoms with Gasteiger partial charge in [-0.25, -0.2) is 0 Å². The Morgan fingerprint density at radius 2 is 1.76 bits per heavy atom. The van der Waals surface area contributed by atoms with Crippen molar-refractivity contribution >= 4 is 20.8 Å². The summed E-state index contributed by atoms with van der Waals surface area (Å²) in [5, 5.41) is 33.0. The van der Waals surface area contributed by atoms with Crippen LogP contribution in [-0.2, 0) is 4.79 Å². The molecule has 3 unspecified atom stereocenters. The number of aliphatic hydroxyl groups is 2. The number of rotatable bonds is 12. The van der Waals surface area contributed by atoms with Gasteiger partial charge in [-0.2, -0.15) is 0 Å². The zero-order valence-corrected chi connectivity index (χ0v) is 15.4. The molecule has 0 aliphatic rings. The molecule has 0 heterocycles. The number of nitrogens with zero attached hydrogens (tertiary/aromatic N) is 1. The normalized spacial score (nSPS) is 13.2. The molecule has 8 heteroatoms. The minimum atomic E-state index is -1.13. The maximum atomic E-state index is 12.0. The minimum absolute atomic E-state index is 0.0813. The molecule has 1 rings (SSSR count). The Kier molecular flexibility index (Phi) is 10.2. The second kappa shape index (κ2) is 11.9. The number of carbonyl (C=O) groups excluding carboxylic acids is 1. The van der Waals surface area contributed by atoms with Crippen molar-refractivity contribution in [2.45, 2.75) is 50.7 Å². The van der Waals surface area contributed by atoms with E-state index in [1.54, 1.807) is 0 Å². The van der Waals surface area contributed by atoms with Gasteiger partial charge in [-0.1, -0.05) is 19.3 Å². The van der Waals surface area contributed by atoms with Crippen LogP contribution in [0.2, 0.25) is 0 Å². The van der Waals surface area contributed by atoms with Gasteiger partial charge in [0.1, 0.15) is 6.10 Å². The third-order valence-corrected chi connectivity index (χ3v) is 4.39. The number of hydrogen-bond acceptors (Lipinski definition) is 5. The Balaban J connectivity index is 2.45. The highest BCUT2D eigenvalue weighted by Gasteiger charge is 2.22. The van der Waals surface area contributed by atoms with Crippen molar-refractivity contribution in [2.75, 3.05) is 12.8 Å². The molecule has 1 aromatic rings. The van der Waals surface area contributed by atoms with E-state index in [0.717, 1.165) is 31.8 Å². The van der Waals surface area contributed by atoms with Gasteiger partial charge in [-0.3, -0.25) is 14.9 Å². The molecule has 140 valence electrons. The third-order valence-electron chi connectivity index (χ3n) is 3.98. The van der Waals surface area contributed by atoms with Crippen LogP contribution in [0.4, 0.5) is 5.69 Å². The number of benzene rings is 1. The molecule has 7 nitrogen and oxygen atoms in total. The van der Waals surface area contributed by atoms with Gasteiger partial charge in [-0.05, 0) is 36.7 Å². The topological polar surface area (TPSA) is 113 Å². The van der Waals surface area contributed by atoms with Crippen LogP contribution in [0.25, 0.3) is 0 Å². The fourth-order valence-electron chi connectivity index (χ4n) is 2.49. The van der Waals surface area contributed by atoms with Crippen LogP contribution < -0.4 is 5.32 Å². The molecule has 0 bridgehead atoms. The molecule has 0 saturated heterocycles. The van der Waals surface area contributed by atoms with Gasteiger partial charge >= 0.3 is 0 Å². The summed E-state index contributed by atoms with van der Waals surface area (Å²) in [5.74, 6) is -0.217. The van der Waals surface area contributed by atoms with Crippen molar-refractivity contribution in [3.05, 3.63) is 39.9 Å². The van der Waals surface area contributed by atoms with Crippen molar-refractivity contribution in [3.63, 3.8) is 0 Å². The van der Waals surface area contributed by atoms with Gasteiger partial charge in [0, 0.05) is 18.6 Å². The highest BCUT2D eigenvalue weighted by Crippen LogP contribution is 2.20. The Morgan fingerprint density at radius 3 is 2.32 bits per heavy atom. The lowest BCUT2D eigenvalue weighted by atomic mass is 10.0. The summed E-state index contributed by atoms with van der Waals surface area (Å²) in [4.78, 5) is 22.1. The summed E-state index contributed by atoms with van der Waals surface area (Å²) >= 11 is 0. The standard InChI is InChI=1S/C17H27N2O5P/c20-12-15(18-16(21)6-4-2-1-3-5-11-25)17(22)13-7-9-14(10-8-13)19(23)24/h7-10,15,17,20,22H,1-6,11-12,25H2,(H,18,21). The summed E-state index contributed by atoms with van der Waals surface area (Å²) < 4.78 is 0. The number of unbranched alkanes of at least 4 members (excludes halogenated alkanes) is 4. The van der Waals surface area contributed by atoms with E-state index in [-0.39, 0.29) is 11.6 Å². The summed E-state index contributed by atoms with van der Waals surface area (Å²) in [7, 11) is 2.70. The van der Waals surface area contributed by atoms with E-state index in [9.17, 15) is 25.1 Å². The van der Waals surface area contributed by atoms with E-state index >= 15 is 0 Å².